The molecular weight excluding hydrogens is 306 g/mol. The minimum atomic E-state index is -0.0918. The Morgan fingerprint density at radius 1 is 1.35 bits per heavy atom. The lowest BCUT2D eigenvalue weighted by molar-refractivity contribution is 0.0964. The Morgan fingerprint density at radius 3 is 2.91 bits per heavy atom. The first kappa shape index (κ1) is 15.9. The van der Waals surface area contributed by atoms with Crippen molar-refractivity contribution in [2.24, 2.45) is 4.99 Å². The highest BCUT2D eigenvalue weighted by Gasteiger charge is 2.12. The van der Waals surface area contributed by atoms with E-state index in [0.717, 1.165) is 29.0 Å². The van der Waals surface area contributed by atoms with Gasteiger partial charge in [-0.1, -0.05) is 25.3 Å². The van der Waals surface area contributed by atoms with Crippen molar-refractivity contribution in [1.82, 2.24) is 9.55 Å². The third kappa shape index (κ3) is 4.26. The molecule has 0 saturated heterocycles. The van der Waals surface area contributed by atoms with Crippen LogP contribution in [0, 0.1) is 6.92 Å². The quantitative estimate of drug-likeness (QED) is 0.804. The smallest absolute Gasteiger partial charge is 0.256 e. The van der Waals surface area contributed by atoms with Crippen molar-refractivity contribution in [3.05, 3.63) is 52.0 Å². The maximum absolute atomic E-state index is 12.5. The maximum Gasteiger partial charge on any atom is 0.256 e. The SMILES string of the molecule is Cc1nc(/C=C/C(=O)n2ccccc2=NC2CCCCC2)cs1. The van der Waals surface area contributed by atoms with E-state index in [4.69, 9.17) is 4.99 Å². The summed E-state index contributed by atoms with van der Waals surface area (Å²) < 4.78 is 1.62. The number of hydrogen-bond acceptors (Lipinski definition) is 4. The Morgan fingerprint density at radius 2 is 2.17 bits per heavy atom. The van der Waals surface area contributed by atoms with E-state index >= 15 is 0 Å². The van der Waals surface area contributed by atoms with Gasteiger partial charge in [-0.2, -0.15) is 0 Å². The molecule has 3 rings (SSSR count). The van der Waals surface area contributed by atoms with Crippen LogP contribution in [-0.2, 0) is 0 Å². The van der Waals surface area contributed by atoms with Crippen molar-refractivity contribution in [2.75, 3.05) is 0 Å². The zero-order valence-electron chi connectivity index (χ0n) is 13.3. The molecule has 0 N–H and O–H groups in total. The summed E-state index contributed by atoms with van der Waals surface area (Å²) in [6.45, 7) is 1.96. The van der Waals surface area contributed by atoms with E-state index in [-0.39, 0.29) is 5.91 Å². The Balaban J connectivity index is 1.83. The minimum Gasteiger partial charge on any atom is -0.269 e. The summed E-state index contributed by atoms with van der Waals surface area (Å²) in [7, 11) is 0. The highest BCUT2D eigenvalue weighted by molar-refractivity contribution is 7.09. The predicted molar refractivity (Wildman–Crippen MR) is 93.4 cm³/mol. The Labute approximate surface area is 140 Å². The molecule has 2 aromatic rings. The molecule has 1 aliphatic rings. The van der Waals surface area contributed by atoms with Gasteiger partial charge >= 0.3 is 0 Å². The lowest BCUT2D eigenvalue weighted by atomic mass is 9.96. The van der Waals surface area contributed by atoms with Crippen molar-refractivity contribution in [3.63, 3.8) is 0 Å². The molecule has 5 heteroatoms. The topological polar surface area (TPSA) is 47.2 Å². The van der Waals surface area contributed by atoms with Gasteiger partial charge in [0.2, 0.25) is 0 Å². The first-order chi connectivity index (χ1) is 11.2. The van der Waals surface area contributed by atoms with Gasteiger partial charge in [-0.05, 0) is 38.0 Å². The minimum absolute atomic E-state index is 0.0918. The Hall–Kier alpha value is -2.01. The fourth-order valence-electron chi connectivity index (χ4n) is 2.82. The van der Waals surface area contributed by atoms with Gasteiger partial charge in [0.1, 0.15) is 5.49 Å². The number of aryl methyl sites for hydroxylation is 1. The maximum atomic E-state index is 12.5. The van der Waals surface area contributed by atoms with E-state index in [1.807, 2.05) is 30.5 Å². The van der Waals surface area contributed by atoms with Gasteiger partial charge in [-0.3, -0.25) is 14.4 Å². The lowest BCUT2D eigenvalue weighted by Gasteiger charge is -2.17. The number of allylic oxidation sites excluding steroid dienone is 1. The molecule has 2 heterocycles. The number of pyridine rings is 1. The number of nitrogens with zero attached hydrogens (tertiary/aromatic N) is 3. The van der Waals surface area contributed by atoms with Gasteiger partial charge in [-0.15, -0.1) is 11.3 Å². The summed E-state index contributed by atoms with van der Waals surface area (Å²) in [5.41, 5.74) is 1.56. The Bertz CT molecular complexity index is 766. The zero-order chi connectivity index (χ0) is 16.1. The number of carbonyl (C=O) groups excluding carboxylic acids is 1. The normalized spacial score (nSPS) is 17.0. The van der Waals surface area contributed by atoms with Crippen LogP contribution < -0.4 is 5.49 Å². The van der Waals surface area contributed by atoms with Crippen LogP contribution in [0.1, 0.15) is 47.6 Å². The summed E-state index contributed by atoms with van der Waals surface area (Å²) >= 11 is 1.58. The number of hydrogen-bond donors (Lipinski definition) is 0. The monoisotopic (exact) mass is 327 g/mol. The molecule has 4 nitrogen and oxygen atoms in total. The number of thiazole rings is 1. The molecule has 23 heavy (non-hydrogen) atoms. The van der Waals surface area contributed by atoms with E-state index in [0.29, 0.717) is 6.04 Å². The zero-order valence-corrected chi connectivity index (χ0v) is 14.1. The highest BCUT2D eigenvalue weighted by atomic mass is 32.1. The molecule has 1 saturated carbocycles. The predicted octanol–water partition coefficient (Wildman–Crippen LogP) is 3.84. The van der Waals surface area contributed by atoms with E-state index in [9.17, 15) is 4.79 Å². The van der Waals surface area contributed by atoms with Crippen molar-refractivity contribution >= 4 is 23.3 Å². The molecule has 0 spiro atoms. The molecule has 0 amide bonds. The summed E-state index contributed by atoms with van der Waals surface area (Å²) in [5.74, 6) is -0.0918. The summed E-state index contributed by atoms with van der Waals surface area (Å²) in [5, 5.41) is 2.94. The molecule has 0 atom stereocenters. The van der Waals surface area contributed by atoms with Crippen molar-refractivity contribution in [1.29, 1.82) is 0 Å². The van der Waals surface area contributed by atoms with Crippen LogP contribution in [0.25, 0.3) is 6.08 Å². The molecule has 0 aliphatic heterocycles. The summed E-state index contributed by atoms with van der Waals surface area (Å²) in [6.07, 6.45) is 11.1. The van der Waals surface area contributed by atoms with Gasteiger partial charge in [0.05, 0.1) is 16.7 Å². The van der Waals surface area contributed by atoms with Crippen LogP contribution in [-0.4, -0.2) is 21.5 Å². The van der Waals surface area contributed by atoms with E-state index in [2.05, 4.69) is 4.98 Å². The molecular formula is C18H21N3OS. The average Bonchev–Trinajstić information content (AvgIpc) is 3.00. The van der Waals surface area contributed by atoms with Crippen molar-refractivity contribution < 1.29 is 4.79 Å². The summed E-state index contributed by atoms with van der Waals surface area (Å²) in [6, 6.07) is 6.04. The van der Waals surface area contributed by atoms with Crippen LogP contribution in [0.4, 0.5) is 0 Å². The van der Waals surface area contributed by atoms with Gasteiger partial charge in [0, 0.05) is 17.7 Å². The average molecular weight is 327 g/mol. The van der Waals surface area contributed by atoms with Gasteiger partial charge in [0.25, 0.3) is 5.91 Å². The number of aromatic nitrogens is 2. The first-order valence-corrected chi connectivity index (χ1v) is 8.96. The van der Waals surface area contributed by atoms with Crippen molar-refractivity contribution in [2.45, 2.75) is 45.1 Å². The molecule has 0 unspecified atom stereocenters. The molecule has 0 aromatic carbocycles. The first-order valence-electron chi connectivity index (χ1n) is 8.08. The molecule has 1 aliphatic carbocycles. The number of carbonyl (C=O) groups is 1. The van der Waals surface area contributed by atoms with Crippen LogP contribution >= 0.6 is 11.3 Å². The second-order valence-electron chi connectivity index (χ2n) is 5.81. The highest BCUT2D eigenvalue weighted by Crippen LogP contribution is 2.19. The van der Waals surface area contributed by atoms with Gasteiger partial charge in [0.15, 0.2) is 0 Å². The molecule has 0 radical (unpaired) electrons. The fraction of sp³-hybridized carbons (Fsp3) is 0.389. The molecule has 2 aromatic heterocycles. The van der Waals surface area contributed by atoms with Gasteiger partial charge < -0.3 is 0 Å². The van der Waals surface area contributed by atoms with Crippen LogP contribution in [0.5, 0.6) is 0 Å². The second kappa shape index (κ2) is 7.51. The van der Waals surface area contributed by atoms with E-state index < -0.39 is 0 Å². The van der Waals surface area contributed by atoms with Crippen LogP contribution in [0.15, 0.2) is 40.8 Å². The molecule has 1 fully saturated rings. The standard InChI is InChI=1S/C18H21N3OS/c1-14-19-16(13-23-14)10-11-18(22)21-12-6-5-9-17(21)20-15-7-3-2-4-8-15/h5-6,9-13,15H,2-4,7-8H2,1H3/b11-10+,20-17?. The third-order valence-electron chi connectivity index (χ3n) is 4.00. The van der Waals surface area contributed by atoms with Crippen molar-refractivity contribution in [3.8, 4) is 0 Å². The van der Waals surface area contributed by atoms with Crippen LogP contribution in [0.2, 0.25) is 0 Å². The fourth-order valence-corrected chi connectivity index (χ4v) is 3.40. The third-order valence-corrected chi connectivity index (χ3v) is 4.79. The Kier molecular flexibility index (Phi) is 5.18. The molecule has 0 bridgehead atoms. The van der Waals surface area contributed by atoms with E-state index in [1.165, 1.54) is 19.3 Å². The summed E-state index contributed by atoms with van der Waals surface area (Å²) in [4.78, 5) is 21.6. The lowest BCUT2D eigenvalue weighted by Crippen LogP contribution is -2.27. The van der Waals surface area contributed by atoms with Crippen LogP contribution in [0.3, 0.4) is 0 Å². The second-order valence-corrected chi connectivity index (χ2v) is 6.87. The van der Waals surface area contributed by atoms with Gasteiger partial charge in [-0.25, -0.2) is 4.98 Å². The largest absolute Gasteiger partial charge is 0.269 e. The molecule has 120 valence electrons. The van der Waals surface area contributed by atoms with E-state index in [1.54, 1.807) is 34.3 Å². The number of rotatable bonds is 3.